The molecular weight excluding hydrogens is 331 g/mol. The Labute approximate surface area is 154 Å². The Morgan fingerprint density at radius 3 is 1.64 bits per heavy atom. The van der Waals surface area contributed by atoms with E-state index in [0.29, 0.717) is 0 Å². The Hall–Kier alpha value is -0.950. The predicted molar refractivity (Wildman–Crippen MR) is 106 cm³/mol. The molecule has 3 rings (SSSR count). The largest absolute Gasteiger partial charge is 0.493 e. The van der Waals surface area contributed by atoms with Gasteiger partial charge in [-0.05, 0) is 49.1 Å². The van der Waals surface area contributed by atoms with Gasteiger partial charge in [-0.3, -0.25) is 0 Å². The van der Waals surface area contributed by atoms with Crippen LogP contribution in [0.15, 0.2) is 12.1 Å². The minimum Gasteiger partial charge on any atom is -0.493 e. The molecule has 25 heavy (non-hydrogen) atoms. The van der Waals surface area contributed by atoms with Crippen LogP contribution in [0.2, 0.25) is 0 Å². The molecule has 1 aromatic carbocycles. The summed E-state index contributed by atoms with van der Waals surface area (Å²) in [5.41, 5.74) is 1.69. The van der Waals surface area contributed by atoms with Crippen LogP contribution in [0.4, 0.5) is 0 Å². The van der Waals surface area contributed by atoms with Gasteiger partial charge in [0.05, 0.1) is 21.3 Å². The van der Waals surface area contributed by atoms with Crippen LogP contribution in [0, 0.1) is 0 Å². The van der Waals surface area contributed by atoms with E-state index in [1.807, 2.05) is 0 Å². The molecule has 0 N–H and O–H groups in total. The van der Waals surface area contributed by atoms with Gasteiger partial charge in [0.25, 0.3) is 0 Å². The Morgan fingerprint density at radius 1 is 0.680 bits per heavy atom. The third kappa shape index (κ3) is 4.08. The number of hydrogen-bond acceptors (Lipinski definition) is 3. The molecule has 2 saturated carbocycles. The van der Waals surface area contributed by atoms with Crippen LogP contribution in [0.3, 0.4) is 0 Å². The lowest BCUT2D eigenvalue weighted by atomic mass is 9.99. The summed E-state index contributed by atoms with van der Waals surface area (Å²) in [7, 11) is 4.97. The minimum atomic E-state index is -0.219. The fourth-order valence-corrected chi connectivity index (χ4v) is 8.60. The third-order valence-electron chi connectivity index (χ3n) is 5.90. The van der Waals surface area contributed by atoms with Gasteiger partial charge in [-0.25, -0.2) is 0 Å². The fourth-order valence-electron chi connectivity index (χ4n) is 4.70. The summed E-state index contributed by atoms with van der Waals surface area (Å²) in [4.78, 5) is 0. The Balaban J connectivity index is 2.02. The van der Waals surface area contributed by atoms with Gasteiger partial charge in [-0.1, -0.05) is 46.4 Å². The molecule has 2 aliphatic carbocycles. The van der Waals surface area contributed by atoms with Crippen LogP contribution in [-0.4, -0.2) is 32.6 Å². The molecule has 2 fully saturated rings. The lowest BCUT2D eigenvalue weighted by molar-refractivity contribution is 0.326. The Bertz CT molecular complexity index is 530. The normalized spacial score (nSPS) is 19.8. The number of benzene rings is 1. The predicted octanol–water partition coefficient (Wildman–Crippen LogP) is 5.49. The molecule has 140 valence electrons. The van der Waals surface area contributed by atoms with Gasteiger partial charge in [0.1, 0.15) is 0 Å². The zero-order valence-corrected chi connectivity index (χ0v) is 16.9. The molecule has 3 nitrogen and oxygen atoms in total. The lowest BCUT2D eigenvalue weighted by Gasteiger charge is -2.39. The van der Waals surface area contributed by atoms with Crippen molar-refractivity contribution in [2.45, 2.75) is 75.5 Å². The van der Waals surface area contributed by atoms with Crippen molar-refractivity contribution in [2.24, 2.45) is 0 Å². The molecule has 0 aromatic heterocycles. The van der Waals surface area contributed by atoms with E-state index < -0.39 is 0 Å². The van der Waals surface area contributed by atoms with Crippen molar-refractivity contribution >= 4 is 13.2 Å². The highest BCUT2D eigenvalue weighted by Crippen LogP contribution is 2.57. The summed E-state index contributed by atoms with van der Waals surface area (Å²) in [6.07, 6.45) is 14.0. The Kier molecular flexibility index (Phi) is 6.87. The van der Waals surface area contributed by atoms with E-state index in [-0.39, 0.29) is 7.92 Å². The van der Waals surface area contributed by atoms with Crippen molar-refractivity contribution in [1.29, 1.82) is 0 Å². The van der Waals surface area contributed by atoms with Gasteiger partial charge in [0.15, 0.2) is 11.5 Å². The minimum absolute atomic E-state index is 0.219. The van der Waals surface area contributed by atoms with Crippen LogP contribution in [0.25, 0.3) is 0 Å². The maximum absolute atomic E-state index is 5.88. The van der Waals surface area contributed by atoms with E-state index in [0.717, 1.165) is 28.6 Å². The van der Waals surface area contributed by atoms with Gasteiger partial charge in [0, 0.05) is 5.30 Å². The smallest absolute Gasteiger partial charge is 0.203 e. The average Bonchev–Trinajstić information content (AvgIpc) is 2.69. The van der Waals surface area contributed by atoms with E-state index in [1.165, 1.54) is 69.5 Å². The first-order chi connectivity index (χ1) is 12.3. The highest BCUT2D eigenvalue weighted by Gasteiger charge is 2.35. The highest BCUT2D eigenvalue weighted by atomic mass is 31.1. The second-order valence-corrected chi connectivity index (χ2v) is 10.1. The third-order valence-corrected chi connectivity index (χ3v) is 9.41. The number of methoxy groups -OCH3 is 3. The van der Waals surface area contributed by atoms with Crippen LogP contribution >= 0.6 is 7.92 Å². The topological polar surface area (TPSA) is 27.7 Å². The molecule has 0 heterocycles. The number of ether oxygens (including phenoxy) is 3. The highest BCUT2D eigenvalue weighted by molar-refractivity contribution is 7.67. The summed E-state index contributed by atoms with van der Waals surface area (Å²) in [5, 5.41) is 1.41. The first-order valence-electron chi connectivity index (χ1n) is 9.87. The molecule has 0 unspecified atom stereocenters. The summed E-state index contributed by atoms with van der Waals surface area (Å²) in [6.45, 7) is 0. The van der Waals surface area contributed by atoms with E-state index >= 15 is 0 Å². The molecule has 4 heteroatoms. The molecule has 2 aliphatic rings. The first kappa shape index (κ1) is 18.8. The summed E-state index contributed by atoms with van der Waals surface area (Å²) in [5.74, 6) is 2.45. The molecule has 0 radical (unpaired) electrons. The summed E-state index contributed by atoms with van der Waals surface area (Å²) >= 11 is 0. The van der Waals surface area contributed by atoms with Crippen molar-refractivity contribution in [3.63, 3.8) is 0 Å². The maximum Gasteiger partial charge on any atom is 0.203 e. The van der Waals surface area contributed by atoms with Gasteiger partial charge in [-0.15, -0.1) is 0 Å². The molecule has 0 aliphatic heterocycles. The van der Waals surface area contributed by atoms with Crippen LogP contribution in [-0.2, 0) is 0 Å². The van der Waals surface area contributed by atoms with Gasteiger partial charge < -0.3 is 14.2 Å². The van der Waals surface area contributed by atoms with Crippen LogP contribution in [0.5, 0.6) is 17.2 Å². The van der Waals surface area contributed by atoms with Crippen LogP contribution < -0.4 is 19.5 Å². The van der Waals surface area contributed by atoms with Crippen molar-refractivity contribution in [1.82, 2.24) is 0 Å². The van der Waals surface area contributed by atoms with Crippen molar-refractivity contribution in [3.8, 4) is 17.2 Å². The summed E-state index contributed by atoms with van der Waals surface area (Å²) in [6, 6.07) is 4.35. The van der Waals surface area contributed by atoms with E-state index in [2.05, 4.69) is 12.1 Å². The molecule has 1 aromatic rings. The number of hydrogen-bond donors (Lipinski definition) is 0. The molecule has 0 amide bonds. The zero-order chi connectivity index (χ0) is 17.6. The van der Waals surface area contributed by atoms with Gasteiger partial charge in [-0.2, -0.15) is 0 Å². The van der Waals surface area contributed by atoms with Crippen LogP contribution in [0.1, 0.15) is 64.2 Å². The quantitative estimate of drug-likeness (QED) is 0.625. The standard InChI is InChI=1S/C21H33O3P/c1-22-18-14-15-19(21(24-3)20(18)23-2)25(16-10-6-4-7-11-16)17-12-8-5-9-13-17/h14-17H,4-13H2,1-3H3. The maximum atomic E-state index is 5.88. The molecule has 0 saturated heterocycles. The molecule has 0 spiro atoms. The number of rotatable bonds is 6. The average molecular weight is 364 g/mol. The molecule has 0 bridgehead atoms. The van der Waals surface area contributed by atoms with Crippen molar-refractivity contribution in [3.05, 3.63) is 12.1 Å². The second-order valence-electron chi connectivity index (χ2n) is 7.34. The monoisotopic (exact) mass is 364 g/mol. The van der Waals surface area contributed by atoms with E-state index in [1.54, 1.807) is 21.3 Å². The summed E-state index contributed by atoms with van der Waals surface area (Å²) < 4.78 is 17.1. The molecular formula is C21H33O3P. The Morgan fingerprint density at radius 2 is 1.20 bits per heavy atom. The zero-order valence-electron chi connectivity index (χ0n) is 16.1. The molecule has 0 atom stereocenters. The lowest BCUT2D eigenvalue weighted by Crippen LogP contribution is -2.27. The van der Waals surface area contributed by atoms with E-state index in [4.69, 9.17) is 14.2 Å². The van der Waals surface area contributed by atoms with E-state index in [9.17, 15) is 0 Å². The van der Waals surface area contributed by atoms with Gasteiger partial charge >= 0.3 is 0 Å². The fraction of sp³-hybridized carbons (Fsp3) is 0.714. The van der Waals surface area contributed by atoms with Crippen molar-refractivity contribution in [2.75, 3.05) is 21.3 Å². The SMILES string of the molecule is COc1ccc(P(C2CCCCC2)C2CCCCC2)c(OC)c1OC. The van der Waals surface area contributed by atoms with Crippen molar-refractivity contribution < 1.29 is 14.2 Å². The second kappa shape index (κ2) is 9.12. The van der Waals surface area contributed by atoms with Gasteiger partial charge in [0.2, 0.25) is 5.75 Å². The first-order valence-corrected chi connectivity index (χ1v) is 11.4.